The van der Waals surface area contributed by atoms with Gasteiger partial charge in [0.2, 0.25) is 11.8 Å². The summed E-state index contributed by atoms with van der Waals surface area (Å²) in [6.07, 6.45) is 3.30. The molecule has 3 aromatic rings. The van der Waals surface area contributed by atoms with E-state index in [9.17, 15) is 4.91 Å². The topological polar surface area (TPSA) is 130 Å². The first-order chi connectivity index (χ1) is 13.7. The van der Waals surface area contributed by atoms with Crippen LogP contribution in [0.4, 0.5) is 17.5 Å². The van der Waals surface area contributed by atoms with Crippen molar-refractivity contribution in [2.45, 2.75) is 18.9 Å². The molecule has 2 aromatic heterocycles. The van der Waals surface area contributed by atoms with Gasteiger partial charge in [-0.05, 0) is 30.2 Å². The zero-order valence-electron chi connectivity index (χ0n) is 15.1. The third-order valence-electron chi connectivity index (χ3n) is 4.68. The molecule has 1 fully saturated rings. The molecule has 142 valence electrons. The van der Waals surface area contributed by atoms with E-state index in [-0.39, 0.29) is 23.2 Å². The van der Waals surface area contributed by atoms with Gasteiger partial charge in [-0.25, -0.2) is 4.98 Å². The fourth-order valence-corrected chi connectivity index (χ4v) is 3.37. The van der Waals surface area contributed by atoms with Gasteiger partial charge in [-0.2, -0.15) is 10.2 Å². The van der Waals surface area contributed by atoms with E-state index in [2.05, 4.69) is 30.5 Å². The summed E-state index contributed by atoms with van der Waals surface area (Å²) in [5.41, 5.74) is 0.913. The molecule has 3 heterocycles. The number of fused-ring (bicyclic) bond motifs is 1. The summed E-state index contributed by atoms with van der Waals surface area (Å²) in [4.78, 5) is 21.5. The number of nitriles is 1. The van der Waals surface area contributed by atoms with E-state index in [1.165, 1.54) is 13.3 Å². The third kappa shape index (κ3) is 3.18. The van der Waals surface area contributed by atoms with Crippen molar-refractivity contribution in [3.63, 3.8) is 0 Å². The molecule has 0 spiro atoms. The minimum atomic E-state index is 0.0746. The van der Waals surface area contributed by atoms with Gasteiger partial charge in [0, 0.05) is 19.1 Å². The van der Waals surface area contributed by atoms with Crippen LogP contribution >= 0.6 is 0 Å². The van der Waals surface area contributed by atoms with Gasteiger partial charge in [0.25, 0.3) is 0 Å². The Bertz CT molecular complexity index is 1060. The molecule has 0 bridgehead atoms. The Hall–Kier alpha value is -3.74. The number of hydrogen-bond acceptors (Lipinski definition) is 10. The molecular weight excluding hydrogens is 362 g/mol. The van der Waals surface area contributed by atoms with E-state index in [4.69, 9.17) is 14.5 Å². The number of rotatable bonds is 5. The Morgan fingerprint density at radius 1 is 1.46 bits per heavy atom. The maximum absolute atomic E-state index is 11.0. The Morgan fingerprint density at radius 2 is 2.36 bits per heavy atom. The summed E-state index contributed by atoms with van der Waals surface area (Å²) in [5, 5.41) is 20.2. The molecule has 0 aliphatic carbocycles. The van der Waals surface area contributed by atoms with E-state index in [1.807, 2.05) is 12.1 Å². The summed E-state index contributed by atoms with van der Waals surface area (Å²) in [6, 6.07) is 7.29. The largest absolute Gasteiger partial charge is 0.480 e. The fraction of sp³-hybridized carbons (Fsp3) is 0.333. The lowest BCUT2D eigenvalue weighted by atomic mass is 10.1. The van der Waals surface area contributed by atoms with Gasteiger partial charge in [0.05, 0.1) is 18.7 Å². The van der Waals surface area contributed by atoms with Crippen LogP contribution in [0.5, 0.6) is 5.88 Å². The van der Waals surface area contributed by atoms with Gasteiger partial charge in [-0.3, -0.25) is 0 Å². The summed E-state index contributed by atoms with van der Waals surface area (Å²) in [5.74, 6) is 1.33. The molecular formula is C18H17N7O3. The number of hydrogen-bond donors (Lipinski definition) is 1. The number of nitroso groups, excluding NO2 is 1. The maximum Gasteiger partial charge on any atom is 0.236 e. The zero-order chi connectivity index (χ0) is 19.5. The van der Waals surface area contributed by atoms with Crippen LogP contribution in [-0.4, -0.2) is 41.4 Å². The monoisotopic (exact) mass is 379 g/mol. The minimum Gasteiger partial charge on any atom is -0.480 e. The van der Waals surface area contributed by atoms with Crippen LogP contribution in [0.3, 0.4) is 0 Å². The highest BCUT2D eigenvalue weighted by Gasteiger charge is 2.25. The Kier molecular flexibility index (Phi) is 4.72. The lowest BCUT2D eigenvalue weighted by molar-refractivity contribution is 0.395. The first-order valence-electron chi connectivity index (χ1n) is 8.78. The molecule has 0 unspecified atom stereocenters. The zero-order valence-corrected chi connectivity index (χ0v) is 15.1. The van der Waals surface area contributed by atoms with Crippen LogP contribution in [0.25, 0.3) is 11.0 Å². The van der Waals surface area contributed by atoms with Gasteiger partial charge >= 0.3 is 0 Å². The van der Waals surface area contributed by atoms with Crippen LogP contribution in [0.15, 0.2) is 34.1 Å². The highest BCUT2D eigenvalue weighted by atomic mass is 16.5. The number of nitrogens with zero attached hydrogens (tertiary/aromatic N) is 6. The Morgan fingerprint density at radius 3 is 3.14 bits per heavy atom. The standard InChI is InChI=1S/C18H17N7O3/c1-27-17-11(8-19)9-20-18(22-17)21-12-4-3-7-25(10-12)16-13-5-2-6-14(23-26)15(13)28-24-16/h2,5-6,9,12H,3-4,7,10H2,1H3,(H,20,21,22)/t12-/m1/s1. The van der Waals surface area contributed by atoms with E-state index in [1.54, 1.807) is 12.1 Å². The van der Waals surface area contributed by atoms with E-state index < -0.39 is 0 Å². The van der Waals surface area contributed by atoms with Crippen LogP contribution in [0.2, 0.25) is 0 Å². The number of benzene rings is 1. The number of nitrogens with one attached hydrogen (secondary N) is 1. The minimum absolute atomic E-state index is 0.0746. The van der Waals surface area contributed by atoms with Crippen molar-refractivity contribution in [3.8, 4) is 11.9 Å². The SMILES string of the molecule is COc1nc(N[C@@H]2CCCN(c3noc4c(N=O)cccc34)C2)ncc1C#N. The van der Waals surface area contributed by atoms with Crippen molar-refractivity contribution < 1.29 is 9.26 Å². The first kappa shape index (κ1) is 17.7. The van der Waals surface area contributed by atoms with Crippen molar-refractivity contribution in [1.82, 2.24) is 15.1 Å². The van der Waals surface area contributed by atoms with Crippen molar-refractivity contribution in [2.24, 2.45) is 5.18 Å². The quantitative estimate of drug-likeness (QED) is 0.665. The Balaban J connectivity index is 1.54. The molecule has 1 atom stereocenters. The molecule has 4 rings (SSSR count). The second kappa shape index (κ2) is 7.48. The molecule has 1 saturated heterocycles. The van der Waals surface area contributed by atoms with Gasteiger partial charge < -0.3 is 19.5 Å². The summed E-state index contributed by atoms with van der Waals surface area (Å²) >= 11 is 0. The summed E-state index contributed by atoms with van der Waals surface area (Å²) in [6.45, 7) is 1.47. The average molecular weight is 379 g/mol. The molecule has 0 saturated carbocycles. The normalized spacial score (nSPS) is 16.6. The highest BCUT2D eigenvalue weighted by Crippen LogP contribution is 2.34. The lowest BCUT2D eigenvalue weighted by Crippen LogP contribution is -2.42. The lowest BCUT2D eigenvalue weighted by Gasteiger charge is -2.33. The highest BCUT2D eigenvalue weighted by molar-refractivity contribution is 5.95. The summed E-state index contributed by atoms with van der Waals surface area (Å²) < 4.78 is 10.5. The number of aromatic nitrogens is 3. The Labute approximate surface area is 160 Å². The van der Waals surface area contributed by atoms with Crippen LogP contribution in [0.1, 0.15) is 18.4 Å². The molecule has 1 N–H and O–H groups in total. The molecule has 28 heavy (non-hydrogen) atoms. The van der Waals surface area contributed by atoms with Crippen molar-refractivity contribution in [3.05, 3.63) is 34.9 Å². The van der Waals surface area contributed by atoms with E-state index >= 15 is 0 Å². The van der Waals surface area contributed by atoms with Crippen LogP contribution < -0.4 is 15.0 Å². The van der Waals surface area contributed by atoms with Crippen molar-refractivity contribution in [1.29, 1.82) is 5.26 Å². The second-order valence-corrected chi connectivity index (χ2v) is 6.41. The second-order valence-electron chi connectivity index (χ2n) is 6.41. The van der Waals surface area contributed by atoms with Gasteiger partial charge in [-0.1, -0.05) is 11.2 Å². The van der Waals surface area contributed by atoms with E-state index in [0.717, 1.165) is 24.8 Å². The number of ether oxygens (including phenoxy) is 1. The number of piperidine rings is 1. The first-order valence-corrected chi connectivity index (χ1v) is 8.78. The molecule has 10 heteroatoms. The number of para-hydroxylation sites is 1. The molecule has 0 amide bonds. The third-order valence-corrected chi connectivity index (χ3v) is 4.68. The molecule has 1 aromatic carbocycles. The smallest absolute Gasteiger partial charge is 0.236 e. The maximum atomic E-state index is 11.0. The van der Waals surface area contributed by atoms with Gasteiger partial charge in [0.15, 0.2) is 17.1 Å². The molecule has 10 nitrogen and oxygen atoms in total. The van der Waals surface area contributed by atoms with E-state index in [0.29, 0.717) is 23.9 Å². The molecule has 0 radical (unpaired) electrons. The van der Waals surface area contributed by atoms with Crippen molar-refractivity contribution >= 4 is 28.4 Å². The van der Waals surface area contributed by atoms with Gasteiger partial charge in [0.1, 0.15) is 11.6 Å². The van der Waals surface area contributed by atoms with Crippen molar-refractivity contribution in [2.75, 3.05) is 30.4 Å². The predicted octanol–water partition coefficient (Wildman–Crippen LogP) is 2.98. The van der Waals surface area contributed by atoms with Gasteiger partial charge in [-0.15, -0.1) is 4.91 Å². The molecule has 1 aliphatic rings. The van der Waals surface area contributed by atoms with Crippen LogP contribution in [0, 0.1) is 16.2 Å². The average Bonchev–Trinajstić information content (AvgIpc) is 3.18. The molecule has 1 aliphatic heterocycles. The predicted molar refractivity (Wildman–Crippen MR) is 102 cm³/mol. The number of methoxy groups -OCH3 is 1. The number of anilines is 2. The summed E-state index contributed by atoms with van der Waals surface area (Å²) in [7, 11) is 1.47. The fourth-order valence-electron chi connectivity index (χ4n) is 3.37. The van der Waals surface area contributed by atoms with Crippen LogP contribution in [-0.2, 0) is 0 Å².